The third kappa shape index (κ3) is 5.60. The van der Waals surface area contributed by atoms with Crippen molar-refractivity contribution in [2.75, 3.05) is 32.1 Å². The van der Waals surface area contributed by atoms with Gasteiger partial charge in [-0.2, -0.15) is 0 Å². The predicted molar refractivity (Wildman–Crippen MR) is 116 cm³/mol. The van der Waals surface area contributed by atoms with Crippen LogP contribution in [0.25, 0.3) is 0 Å². The molecule has 1 saturated heterocycles. The quantitative estimate of drug-likeness (QED) is 0.717. The average Bonchev–Trinajstić information content (AvgIpc) is 2.70. The number of carbonyl (C=O) groups is 1. The summed E-state index contributed by atoms with van der Waals surface area (Å²) in [6, 6.07) is 17.0. The number of thioether (sulfide) groups is 1. The monoisotopic (exact) mass is 398 g/mol. The Morgan fingerprint density at radius 1 is 1.14 bits per heavy atom. The minimum absolute atomic E-state index is 0.0206. The zero-order valence-corrected chi connectivity index (χ0v) is 17.8. The van der Waals surface area contributed by atoms with Crippen LogP contribution in [-0.4, -0.2) is 48.9 Å². The van der Waals surface area contributed by atoms with Gasteiger partial charge in [0.15, 0.2) is 0 Å². The Balaban J connectivity index is 1.64. The molecule has 1 aliphatic heterocycles. The number of morpholine rings is 1. The lowest BCUT2D eigenvalue weighted by Gasteiger charge is -2.38. The van der Waals surface area contributed by atoms with E-state index in [1.807, 2.05) is 6.07 Å². The smallest absolute Gasteiger partial charge is 0.230 e. The van der Waals surface area contributed by atoms with Gasteiger partial charge in [-0.3, -0.25) is 9.69 Å². The second-order valence-electron chi connectivity index (χ2n) is 7.42. The standard InChI is InChI=1S/C23H30N2O2S/c1-17-9-10-18(2)21(15-17)28-16-22(26)24-19(3)23(20-7-5-4-6-8-20)25-11-13-27-14-12-25/h4-10,15,19,23H,11-14,16H2,1-3H3,(H,24,26)/t19-,23+/m0/s1. The number of rotatable bonds is 7. The maximum Gasteiger partial charge on any atom is 0.230 e. The highest BCUT2D eigenvalue weighted by Gasteiger charge is 2.28. The van der Waals surface area contributed by atoms with Crippen LogP contribution in [0.15, 0.2) is 53.4 Å². The maximum absolute atomic E-state index is 12.7. The minimum Gasteiger partial charge on any atom is -0.379 e. The van der Waals surface area contributed by atoms with Crippen LogP contribution in [-0.2, 0) is 9.53 Å². The van der Waals surface area contributed by atoms with E-state index in [9.17, 15) is 4.79 Å². The molecule has 1 heterocycles. The molecule has 28 heavy (non-hydrogen) atoms. The molecule has 1 N–H and O–H groups in total. The summed E-state index contributed by atoms with van der Waals surface area (Å²) in [6.07, 6.45) is 0. The van der Waals surface area contributed by atoms with Crippen LogP contribution in [0.4, 0.5) is 0 Å². The molecule has 0 aromatic heterocycles. The van der Waals surface area contributed by atoms with E-state index in [0.29, 0.717) is 5.75 Å². The Morgan fingerprint density at radius 2 is 1.86 bits per heavy atom. The molecule has 2 aromatic carbocycles. The predicted octanol–water partition coefficient (Wildman–Crippen LogP) is 3.97. The van der Waals surface area contributed by atoms with Crippen molar-refractivity contribution in [1.82, 2.24) is 10.2 Å². The van der Waals surface area contributed by atoms with Crippen molar-refractivity contribution in [3.8, 4) is 0 Å². The second kappa shape index (κ2) is 10.1. The second-order valence-corrected chi connectivity index (χ2v) is 8.43. The van der Waals surface area contributed by atoms with Gasteiger partial charge in [-0.15, -0.1) is 11.8 Å². The highest BCUT2D eigenvalue weighted by Crippen LogP contribution is 2.26. The van der Waals surface area contributed by atoms with Crippen molar-refractivity contribution in [3.05, 3.63) is 65.2 Å². The third-order valence-electron chi connectivity index (χ3n) is 5.14. The highest BCUT2D eigenvalue weighted by atomic mass is 32.2. The van der Waals surface area contributed by atoms with Crippen LogP contribution in [0.2, 0.25) is 0 Å². The summed E-state index contributed by atoms with van der Waals surface area (Å²) in [6.45, 7) is 9.53. The molecule has 3 rings (SSSR count). The summed E-state index contributed by atoms with van der Waals surface area (Å²) in [7, 11) is 0. The average molecular weight is 399 g/mol. The summed E-state index contributed by atoms with van der Waals surface area (Å²) < 4.78 is 5.52. The molecule has 0 bridgehead atoms. The van der Waals surface area contributed by atoms with Gasteiger partial charge in [-0.1, -0.05) is 48.0 Å². The zero-order valence-electron chi connectivity index (χ0n) is 17.0. The third-order valence-corrected chi connectivity index (χ3v) is 6.30. The van der Waals surface area contributed by atoms with Crippen molar-refractivity contribution < 1.29 is 9.53 Å². The number of benzene rings is 2. The normalized spacial score (nSPS) is 17.1. The van der Waals surface area contributed by atoms with Gasteiger partial charge in [0, 0.05) is 24.0 Å². The van der Waals surface area contributed by atoms with E-state index < -0.39 is 0 Å². The van der Waals surface area contributed by atoms with Crippen molar-refractivity contribution in [1.29, 1.82) is 0 Å². The first-order chi connectivity index (χ1) is 13.5. The number of nitrogens with zero attached hydrogens (tertiary/aromatic N) is 1. The molecule has 0 unspecified atom stereocenters. The molecule has 4 nitrogen and oxygen atoms in total. The molecule has 2 atom stereocenters. The summed E-state index contributed by atoms with van der Waals surface area (Å²) in [5, 5.41) is 3.24. The van der Waals surface area contributed by atoms with Crippen molar-refractivity contribution in [2.24, 2.45) is 0 Å². The molecule has 150 valence electrons. The van der Waals surface area contributed by atoms with E-state index in [1.54, 1.807) is 11.8 Å². The fourth-order valence-corrected chi connectivity index (χ4v) is 4.64. The summed E-state index contributed by atoms with van der Waals surface area (Å²) in [5.41, 5.74) is 3.67. The number of nitrogens with one attached hydrogen (secondary N) is 1. The lowest BCUT2D eigenvalue weighted by Crippen LogP contribution is -2.48. The first-order valence-corrected chi connectivity index (χ1v) is 10.9. The SMILES string of the molecule is Cc1ccc(C)c(SCC(=O)N[C@@H](C)[C@H](c2ccccc2)N2CCOCC2)c1. The number of ether oxygens (including phenoxy) is 1. The van der Waals surface area contributed by atoms with Gasteiger partial charge in [0.05, 0.1) is 25.0 Å². The van der Waals surface area contributed by atoms with Crippen LogP contribution in [0, 0.1) is 13.8 Å². The van der Waals surface area contributed by atoms with Crippen LogP contribution in [0.3, 0.4) is 0 Å². The Labute approximate surface area is 172 Å². The van der Waals surface area contributed by atoms with Gasteiger partial charge in [0.1, 0.15) is 0 Å². The minimum atomic E-state index is 0.0206. The topological polar surface area (TPSA) is 41.6 Å². The molecular formula is C23H30N2O2S. The molecule has 0 radical (unpaired) electrons. The van der Waals surface area contributed by atoms with Crippen LogP contribution < -0.4 is 5.32 Å². The van der Waals surface area contributed by atoms with E-state index in [1.165, 1.54) is 21.6 Å². The van der Waals surface area contributed by atoms with Gasteiger partial charge in [0.2, 0.25) is 5.91 Å². The summed E-state index contributed by atoms with van der Waals surface area (Å²) >= 11 is 1.61. The van der Waals surface area contributed by atoms with Gasteiger partial charge < -0.3 is 10.1 Å². The largest absolute Gasteiger partial charge is 0.379 e. The molecule has 0 spiro atoms. The van der Waals surface area contributed by atoms with Gasteiger partial charge >= 0.3 is 0 Å². The molecule has 0 saturated carbocycles. The molecule has 5 heteroatoms. The fraction of sp³-hybridized carbons (Fsp3) is 0.435. The van der Waals surface area contributed by atoms with Crippen molar-refractivity contribution in [3.63, 3.8) is 0 Å². The Morgan fingerprint density at radius 3 is 2.57 bits per heavy atom. The first-order valence-electron chi connectivity index (χ1n) is 9.91. The van der Waals surface area contributed by atoms with E-state index in [-0.39, 0.29) is 18.0 Å². The number of amides is 1. The number of hydrogen-bond acceptors (Lipinski definition) is 4. The molecule has 2 aromatic rings. The highest BCUT2D eigenvalue weighted by molar-refractivity contribution is 8.00. The van der Waals surface area contributed by atoms with Gasteiger partial charge in [0.25, 0.3) is 0 Å². The Bertz CT molecular complexity index is 775. The summed E-state index contributed by atoms with van der Waals surface area (Å²) in [5.74, 6) is 0.506. The van der Waals surface area contributed by atoms with Gasteiger partial charge in [-0.25, -0.2) is 0 Å². The lowest BCUT2D eigenvalue weighted by molar-refractivity contribution is -0.119. The molecule has 0 aliphatic carbocycles. The van der Waals surface area contributed by atoms with E-state index >= 15 is 0 Å². The molecule has 1 fully saturated rings. The van der Waals surface area contributed by atoms with Gasteiger partial charge in [-0.05, 0) is 38.0 Å². The Kier molecular flexibility index (Phi) is 7.54. The fourth-order valence-electron chi connectivity index (χ4n) is 3.70. The number of carbonyl (C=O) groups excluding carboxylic acids is 1. The van der Waals surface area contributed by atoms with Crippen LogP contribution in [0.1, 0.15) is 29.7 Å². The molecular weight excluding hydrogens is 368 g/mol. The van der Waals surface area contributed by atoms with E-state index in [0.717, 1.165) is 26.3 Å². The van der Waals surface area contributed by atoms with Crippen molar-refractivity contribution in [2.45, 2.75) is 37.8 Å². The Hall–Kier alpha value is -1.82. The molecule has 1 amide bonds. The summed E-state index contributed by atoms with van der Waals surface area (Å²) in [4.78, 5) is 16.3. The zero-order chi connectivity index (χ0) is 19.9. The van der Waals surface area contributed by atoms with Crippen LogP contribution in [0.5, 0.6) is 0 Å². The molecule has 1 aliphatic rings. The van der Waals surface area contributed by atoms with Crippen LogP contribution >= 0.6 is 11.8 Å². The first kappa shape index (κ1) is 20.9. The van der Waals surface area contributed by atoms with E-state index in [4.69, 9.17) is 4.74 Å². The van der Waals surface area contributed by atoms with E-state index in [2.05, 4.69) is 73.5 Å². The van der Waals surface area contributed by atoms with Crippen molar-refractivity contribution >= 4 is 17.7 Å². The number of aryl methyl sites for hydroxylation is 2. The lowest BCUT2D eigenvalue weighted by atomic mass is 9.98. The maximum atomic E-state index is 12.7. The number of hydrogen-bond donors (Lipinski definition) is 1.